The summed E-state index contributed by atoms with van der Waals surface area (Å²) in [5.41, 5.74) is -1.32. The van der Waals surface area contributed by atoms with E-state index in [-0.39, 0.29) is 10.3 Å². The van der Waals surface area contributed by atoms with Gasteiger partial charge in [0, 0.05) is 39.9 Å². The highest BCUT2D eigenvalue weighted by Gasteiger charge is 2.45. The largest absolute Gasteiger partial charge is 0.330 e. The van der Waals surface area contributed by atoms with Crippen LogP contribution in [0.1, 0.15) is 12.8 Å². The molecule has 1 spiro atoms. The van der Waals surface area contributed by atoms with Crippen LogP contribution in [0.25, 0.3) is 0 Å². The van der Waals surface area contributed by atoms with E-state index in [2.05, 4.69) is 5.32 Å². The molecule has 9 heteroatoms. The van der Waals surface area contributed by atoms with Crippen LogP contribution < -0.4 is 16.6 Å². The van der Waals surface area contributed by atoms with E-state index in [9.17, 15) is 18.0 Å². The van der Waals surface area contributed by atoms with Crippen LogP contribution in [0, 0.1) is 5.41 Å². The summed E-state index contributed by atoms with van der Waals surface area (Å²) in [7, 11) is -1.16. The van der Waals surface area contributed by atoms with Crippen molar-refractivity contribution in [1.29, 1.82) is 0 Å². The molecule has 3 heterocycles. The molecule has 0 radical (unpaired) electrons. The van der Waals surface area contributed by atoms with Crippen LogP contribution in [0.2, 0.25) is 0 Å². The van der Waals surface area contributed by atoms with Crippen LogP contribution in [-0.2, 0) is 24.1 Å². The van der Waals surface area contributed by atoms with Gasteiger partial charge in [-0.1, -0.05) is 0 Å². The van der Waals surface area contributed by atoms with Gasteiger partial charge in [-0.15, -0.1) is 0 Å². The molecule has 0 aliphatic carbocycles. The molecule has 0 saturated carbocycles. The maximum atomic E-state index is 12.8. The van der Waals surface area contributed by atoms with Crippen molar-refractivity contribution in [3.05, 3.63) is 27.0 Å². The van der Waals surface area contributed by atoms with E-state index in [0.29, 0.717) is 13.1 Å². The number of hydrogen-bond acceptors (Lipinski definition) is 5. The number of nitrogens with zero attached hydrogens (tertiary/aromatic N) is 3. The normalized spacial score (nSPS) is 26.1. The highest BCUT2D eigenvalue weighted by molar-refractivity contribution is 7.89. The maximum Gasteiger partial charge on any atom is 0.330 e. The van der Waals surface area contributed by atoms with Crippen LogP contribution in [-0.4, -0.2) is 48.0 Å². The molecule has 0 aromatic carbocycles. The molecule has 2 aliphatic heterocycles. The van der Waals surface area contributed by atoms with Crippen molar-refractivity contribution in [2.24, 2.45) is 19.5 Å². The number of aromatic nitrogens is 2. The van der Waals surface area contributed by atoms with Gasteiger partial charge in [0.15, 0.2) is 4.90 Å². The van der Waals surface area contributed by atoms with E-state index in [4.69, 9.17) is 0 Å². The predicted molar refractivity (Wildman–Crippen MR) is 80.2 cm³/mol. The van der Waals surface area contributed by atoms with Gasteiger partial charge >= 0.3 is 5.69 Å². The van der Waals surface area contributed by atoms with Gasteiger partial charge in [0.2, 0.25) is 10.0 Å². The van der Waals surface area contributed by atoms with Gasteiger partial charge in [-0.2, -0.15) is 4.31 Å². The van der Waals surface area contributed by atoms with Crippen LogP contribution in [0.3, 0.4) is 0 Å². The van der Waals surface area contributed by atoms with Gasteiger partial charge in [-0.05, 0) is 24.8 Å². The number of rotatable bonds is 2. The van der Waals surface area contributed by atoms with Gasteiger partial charge in [0.25, 0.3) is 5.56 Å². The van der Waals surface area contributed by atoms with E-state index in [1.807, 2.05) is 0 Å². The first kappa shape index (κ1) is 15.4. The zero-order valence-corrected chi connectivity index (χ0v) is 13.5. The molecule has 1 aromatic rings. The average molecular weight is 328 g/mol. The van der Waals surface area contributed by atoms with Crippen molar-refractivity contribution in [3.63, 3.8) is 0 Å². The Balaban J connectivity index is 2.01. The fourth-order valence-electron chi connectivity index (χ4n) is 3.33. The summed E-state index contributed by atoms with van der Waals surface area (Å²) < 4.78 is 28.9. The van der Waals surface area contributed by atoms with Crippen LogP contribution in [0.4, 0.5) is 0 Å². The molecule has 122 valence electrons. The SMILES string of the molecule is Cn1cc(S(=O)(=O)N2CCC3(CCNC3)C2)c(=O)n(C)c1=O. The summed E-state index contributed by atoms with van der Waals surface area (Å²) in [4.78, 5) is 23.6. The van der Waals surface area contributed by atoms with E-state index >= 15 is 0 Å². The van der Waals surface area contributed by atoms with Crippen molar-refractivity contribution >= 4 is 10.0 Å². The van der Waals surface area contributed by atoms with Crippen molar-refractivity contribution in [2.45, 2.75) is 17.7 Å². The summed E-state index contributed by atoms with van der Waals surface area (Å²) >= 11 is 0. The molecule has 3 rings (SSSR count). The Hall–Kier alpha value is -1.45. The number of aryl methyl sites for hydroxylation is 1. The average Bonchev–Trinajstić information content (AvgIpc) is 3.11. The Morgan fingerprint density at radius 2 is 1.95 bits per heavy atom. The smallest absolute Gasteiger partial charge is 0.316 e. The Bertz CT molecular complexity index is 817. The Morgan fingerprint density at radius 3 is 2.59 bits per heavy atom. The quantitative estimate of drug-likeness (QED) is 0.710. The highest BCUT2D eigenvalue weighted by Crippen LogP contribution is 2.37. The molecule has 8 nitrogen and oxygen atoms in total. The molecular formula is C13H20N4O4S. The molecule has 1 unspecified atom stereocenters. The second-order valence-corrected chi connectivity index (χ2v) is 8.17. The lowest BCUT2D eigenvalue weighted by Crippen LogP contribution is -2.42. The van der Waals surface area contributed by atoms with Gasteiger partial charge in [0.1, 0.15) is 0 Å². The molecule has 1 atom stereocenters. The van der Waals surface area contributed by atoms with Crippen molar-refractivity contribution in [2.75, 3.05) is 26.2 Å². The van der Waals surface area contributed by atoms with Crippen molar-refractivity contribution < 1.29 is 8.42 Å². The topological polar surface area (TPSA) is 93.4 Å². The molecule has 2 fully saturated rings. The predicted octanol–water partition coefficient (Wildman–Crippen LogP) is -1.54. The lowest BCUT2D eigenvalue weighted by Gasteiger charge is -2.22. The third-order valence-corrected chi connectivity index (χ3v) is 6.60. The van der Waals surface area contributed by atoms with E-state index in [0.717, 1.165) is 41.3 Å². The number of hydrogen-bond donors (Lipinski definition) is 1. The molecule has 1 aromatic heterocycles. The highest BCUT2D eigenvalue weighted by atomic mass is 32.2. The molecule has 1 N–H and O–H groups in total. The first-order chi connectivity index (χ1) is 10.3. The standard InChI is InChI=1S/C13H20N4O4S/c1-15-7-10(11(18)16(2)12(15)19)22(20,21)17-6-4-13(9-17)3-5-14-8-13/h7,14H,3-6,8-9H2,1-2H3. The molecule has 2 aliphatic rings. The van der Waals surface area contributed by atoms with E-state index < -0.39 is 21.3 Å². The number of sulfonamides is 1. The third-order valence-electron chi connectivity index (χ3n) is 4.77. The monoisotopic (exact) mass is 328 g/mol. The maximum absolute atomic E-state index is 12.8. The fourth-order valence-corrected chi connectivity index (χ4v) is 5.04. The van der Waals surface area contributed by atoms with Crippen LogP contribution in [0.5, 0.6) is 0 Å². The summed E-state index contributed by atoms with van der Waals surface area (Å²) in [6.45, 7) is 2.55. The summed E-state index contributed by atoms with van der Waals surface area (Å²) in [6.07, 6.45) is 2.87. The molecular weight excluding hydrogens is 308 g/mol. The molecule has 0 bridgehead atoms. The number of nitrogens with one attached hydrogen (secondary N) is 1. The second kappa shape index (κ2) is 5.04. The minimum atomic E-state index is -3.88. The second-order valence-electron chi connectivity index (χ2n) is 6.27. The van der Waals surface area contributed by atoms with Crippen LogP contribution in [0.15, 0.2) is 20.7 Å². The Kier molecular flexibility index (Phi) is 3.54. The van der Waals surface area contributed by atoms with E-state index in [1.54, 1.807) is 0 Å². The summed E-state index contributed by atoms with van der Waals surface area (Å²) in [6, 6.07) is 0. The first-order valence-electron chi connectivity index (χ1n) is 7.24. The zero-order valence-electron chi connectivity index (χ0n) is 12.7. The minimum Gasteiger partial charge on any atom is -0.316 e. The van der Waals surface area contributed by atoms with Gasteiger partial charge in [0.05, 0.1) is 0 Å². The van der Waals surface area contributed by atoms with Crippen molar-refractivity contribution in [3.8, 4) is 0 Å². The van der Waals surface area contributed by atoms with E-state index in [1.165, 1.54) is 18.4 Å². The molecule has 0 amide bonds. The summed E-state index contributed by atoms with van der Waals surface area (Å²) in [5, 5.41) is 3.27. The molecule has 2 saturated heterocycles. The zero-order chi connectivity index (χ0) is 16.1. The third kappa shape index (κ3) is 2.24. The first-order valence-corrected chi connectivity index (χ1v) is 8.68. The Morgan fingerprint density at radius 1 is 1.23 bits per heavy atom. The van der Waals surface area contributed by atoms with Gasteiger partial charge < -0.3 is 9.88 Å². The van der Waals surface area contributed by atoms with Gasteiger partial charge in [-0.3, -0.25) is 9.36 Å². The van der Waals surface area contributed by atoms with Crippen molar-refractivity contribution in [1.82, 2.24) is 18.8 Å². The lowest BCUT2D eigenvalue weighted by atomic mass is 9.87. The molecule has 22 heavy (non-hydrogen) atoms. The summed E-state index contributed by atoms with van der Waals surface area (Å²) in [5.74, 6) is 0. The Labute approximate surface area is 128 Å². The minimum absolute atomic E-state index is 0.0149. The lowest BCUT2D eigenvalue weighted by molar-refractivity contribution is 0.337. The fraction of sp³-hybridized carbons (Fsp3) is 0.692. The van der Waals surface area contributed by atoms with Crippen LogP contribution >= 0.6 is 0 Å². The van der Waals surface area contributed by atoms with Gasteiger partial charge in [-0.25, -0.2) is 13.2 Å².